The summed E-state index contributed by atoms with van der Waals surface area (Å²) in [5.74, 6) is -0.160. The molecule has 0 bridgehead atoms. The Morgan fingerprint density at radius 3 is 2.88 bits per heavy atom. The smallest absolute Gasteiger partial charge is 0.320 e. The minimum absolute atomic E-state index is 0.246. The molecule has 0 amide bonds. The van der Waals surface area contributed by atoms with Gasteiger partial charge >= 0.3 is 5.97 Å². The Hall–Kier alpha value is -1.88. The summed E-state index contributed by atoms with van der Waals surface area (Å²) in [4.78, 5) is 15.1. The molecule has 1 unspecified atom stereocenters. The molecule has 0 radical (unpaired) electrons. The van der Waals surface area contributed by atoms with E-state index in [-0.39, 0.29) is 6.42 Å². The van der Waals surface area contributed by atoms with E-state index < -0.39 is 12.0 Å². The number of carboxylic acids is 1. The molecule has 0 fully saturated rings. The van der Waals surface area contributed by atoms with Crippen molar-refractivity contribution in [3.8, 4) is 0 Å². The average molecular weight is 233 g/mol. The SMILES string of the molecule is Cc1ccc2c(CC(N)C(=O)O)nc(C)n2c1. The van der Waals surface area contributed by atoms with Crippen LogP contribution in [-0.4, -0.2) is 26.5 Å². The van der Waals surface area contributed by atoms with E-state index in [1.54, 1.807) is 0 Å². The fourth-order valence-corrected chi connectivity index (χ4v) is 1.86. The van der Waals surface area contributed by atoms with Gasteiger partial charge in [-0.1, -0.05) is 6.07 Å². The second-order valence-electron chi connectivity index (χ2n) is 4.22. The Kier molecular flexibility index (Phi) is 2.85. The number of rotatable bonds is 3. The van der Waals surface area contributed by atoms with Crippen LogP contribution in [0.4, 0.5) is 0 Å². The lowest BCUT2D eigenvalue weighted by atomic mass is 10.1. The Labute approximate surface area is 98.9 Å². The van der Waals surface area contributed by atoms with Gasteiger partial charge < -0.3 is 15.2 Å². The molecule has 3 N–H and O–H groups in total. The first-order valence-corrected chi connectivity index (χ1v) is 5.41. The summed E-state index contributed by atoms with van der Waals surface area (Å²) in [6.45, 7) is 3.89. The first-order chi connectivity index (χ1) is 7.99. The number of aromatic nitrogens is 2. The van der Waals surface area contributed by atoms with Crippen LogP contribution < -0.4 is 5.73 Å². The highest BCUT2D eigenvalue weighted by Gasteiger charge is 2.16. The summed E-state index contributed by atoms with van der Waals surface area (Å²) in [6.07, 6.45) is 2.23. The largest absolute Gasteiger partial charge is 0.480 e. The maximum absolute atomic E-state index is 10.7. The van der Waals surface area contributed by atoms with Crippen molar-refractivity contribution >= 4 is 11.5 Å². The maximum Gasteiger partial charge on any atom is 0.320 e. The van der Waals surface area contributed by atoms with E-state index in [2.05, 4.69) is 4.98 Å². The Morgan fingerprint density at radius 1 is 1.53 bits per heavy atom. The van der Waals surface area contributed by atoms with Crippen molar-refractivity contribution in [2.75, 3.05) is 0 Å². The summed E-state index contributed by atoms with van der Waals surface area (Å²) in [5.41, 5.74) is 8.32. The van der Waals surface area contributed by atoms with Gasteiger partial charge in [-0.3, -0.25) is 4.79 Å². The number of imidazole rings is 1. The van der Waals surface area contributed by atoms with E-state index in [1.807, 2.05) is 36.6 Å². The summed E-state index contributed by atoms with van der Waals surface area (Å²) >= 11 is 0. The second kappa shape index (κ2) is 4.18. The monoisotopic (exact) mass is 233 g/mol. The predicted octanol–water partition coefficient (Wildman–Crippen LogP) is 0.906. The Morgan fingerprint density at radius 2 is 2.24 bits per heavy atom. The summed E-state index contributed by atoms with van der Waals surface area (Å²) in [6, 6.07) is 3.01. The zero-order valence-electron chi connectivity index (χ0n) is 9.84. The number of nitrogens with zero attached hydrogens (tertiary/aromatic N) is 2. The second-order valence-corrected chi connectivity index (χ2v) is 4.22. The fourth-order valence-electron chi connectivity index (χ4n) is 1.86. The van der Waals surface area contributed by atoms with E-state index in [1.165, 1.54) is 0 Å². The van der Waals surface area contributed by atoms with Crippen molar-refractivity contribution in [3.05, 3.63) is 35.4 Å². The molecular weight excluding hydrogens is 218 g/mol. The third-order valence-corrected chi connectivity index (χ3v) is 2.77. The highest BCUT2D eigenvalue weighted by Crippen LogP contribution is 2.15. The number of carboxylic acid groups (broad SMARTS) is 1. The minimum Gasteiger partial charge on any atom is -0.480 e. The summed E-state index contributed by atoms with van der Waals surface area (Å²) < 4.78 is 1.96. The molecule has 2 aromatic heterocycles. The Bertz CT molecular complexity index is 574. The van der Waals surface area contributed by atoms with Gasteiger partial charge in [0.05, 0.1) is 11.2 Å². The van der Waals surface area contributed by atoms with Crippen LogP contribution >= 0.6 is 0 Å². The van der Waals surface area contributed by atoms with Gasteiger partial charge in [0.1, 0.15) is 11.9 Å². The van der Waals surface area contributed by atoms with E-state index in [0.717, 1.165) is 22.6 Å². The molecule has 0 aromatic carbocycles. The third-order valence-electron chi connectivity index (χ3n) is 2.77. The molecule has 0 aliphatic heterocycles. The third kappa shape index (κ3) is 2.14. The number of carbonyl (C=O) groups is 1. The summed E-state index contributed by atoms with van der Waals surface area (Å²) in [5, 5.41) is 8.81. The Balaban J connectivity index is 2.45. The number of hydrogen-bond acceptors (Lipinski definition) is 3. The molecule has 0 spiro atoms. The highest BCUT2D eigenvalue weighted by atomic mass is 16.4. The van der Waals surface area contributed by atoms with Gasteiger partial charge in [-0.2, -0.15) is 0 Å². The number of aliphatic carboxylic acids is 1. The lowest BCUT2D eigenvalue weighted by Crippen LogP contribution is -2.32. The van der Waals surface area contributed by atoms with Crippen LogP contribution in [-0.2, 0) is 11.2 Å². The highest BCUT2D eigenvalue weighted by molar-refractivity contribution is 5.74. The minimum atomic E-state index is -1.00. The number of hydrogen-bond donors (Lipinski definition) is 2. The molecule has 17 heavy (non-hydrogen) atoms. The van der Waals surface area contributed by atoms with Gasteiger partial charge in [0, 0.05) is 12.6 Å². The molecule has 90 valence electrons. The van der Waals surface area contributed by atoms with Gasteiger partial charge in [0.25, 0.3) is 0 Å². The molecule has 5 heteroatoms. The number of fused-ring (bicyclic) bond motifs is 1. The van der Waals surface area contributed by atoms with Crippen LogP contribution in [0.25, 0.3) is 5.52 Å². The van der Waals surface area contributed by atoms with Crippen molar-refractivity contribution in [1.82, 2.24) is 9.38 Å². The molecule has 2 aromatic rings. The van der Waals surface area contributed by atoms with Gasteiger partial charge in [-0.15, -0.1) is 0 Å². The molecule has 5 nitrogen and oxygen atoms in total. The van der Waals surface area contributed by atoms with Gasteiger partial charge in [0.15, 0.2) is 0 Å². The van der Waals surface area contributed by atoms with Crippen LogP contribution in [0.3, 0.4) is 0 Å². The topological polar surface area (TPSA) is 80.6 Å². The van der Waals surface area contributed by atoms with E-state index in [0.29, 0.717) is 0 Å². The number of pyridine rings is 1. The van der Waals surface area contributed by atoms with Gasteiger partial charge in [-0.25, -0.2) is 4.98 Å². The van der Waals surface area contributed by atoms with Crippen molar-refractivity contribution in [2.24, 2.45) is 5.73 Å². The van der Waals surface area contributed by atoms with Crippen LogP contribution in [0.2, 0.25) is 0 Å². The van der Waals surface area contributed by atoms with Crippen LogP contribution in [0.1, 0.15) is 17.1 Å². The first kappa shape index (κ1) is 11.6. The first-order valence-electron chi connectivity index (χ1n) is 5.41. The number of aryl methyl sites for hydroxylation is 2. The van der Waals surface area contributed by atoms with E-state index in [9.17, 15) is 4.79 Å². The van der Waals surface area contributed by atoms with Crippen LogP contribution in [0, 0.1) is 13.8 Å². The molecule has 0 saturated heterocycles. The van der Waals surface area contributed by atoms with Crippen LogP contribution in [0.5, 0.6) is 0 Å². The van der Waals surface area contributed by atoms with Crippen molar-refractivity contribution in [1.29, 1.82) is 0 Å². The molecule has 1 atom stereocenters. The zero-order chi connectivity index (χ0) is 12.6. The van der Waals surface area contributed by atoms with Crippen molar-refractivity contribution in [2.45, 2.75) is 26.3 Å². The van der Waals surface area contributed by atoms with Crippen LogP contribution in [0.15, 0.2) is 18.3 Å². The molecule has 2 rings (SSSR count). The van der Waals surface area contributed by atoms with Crippen molar-refractivity contribution in [3.63, 3.8) is 0 Å². The van der Waals surface area contributed by atoms with E-state index >= 15 is 0 Å². The quantitative estimate of drug-likeness (QED) is 0.825. The molecule has 0 aliphatic rings. The van der Waals surface area contributed by atoms with Gasteiger partial charge in [-0.05, 0) is 25.5 Å². The standard InChI is InChI=1S/C12H15N3O2/c1-7-3-4-11-10(5-9(13)12(16)17)14-8(2)15(11)6-7/h3-4,6,9H,5,13H2,1-2H3,(H,16,17). The molecular formula is C12H15N3O2. The molecule has 0 aliphatic carbocycles. The normalized spacial score (nSPS) is 12.9. The fraction of sp³-hybridized carbons (Fsp3) is 0.333. The maximum atomic E-state index is 10.7. The number of nitrogens with two attached hydrogens (primary N) is 1. The lowest BCUT2D eigenvalue weighted by Gasteiger charge is -2.04. The van der Waals surface area contributed by atoms with Crippen molar-refractivity contribution < 1.29 is 9.90 Å². The molecule has 0 saturated carbocycles. The summed E-state index contributed by atoms with van der Waals surface area (Å²) in [7, 11) is 0. The lowest BCUT2D eigenvalue weighted by molar-refractivity contribution is -0.138. The predicted molar refractivity (Wildman–Crippen MR) is 64.0 cm³/mol. The zero-order valence-corrected chi connectivity index (χ0v) is 9.84. The molecule has 2 heterocycles. The average Bonchev–Trinajstić information content (AvgIpc) is 2.55. The van der Waals surface area contributed by atoms with E-state index in [4.69, 9.17) is 10.8 Å². The van der Waals surface area contributed by atoms with Gasteiger partial charge in [0.2, 0.25) is 0 Å².